The van der Waals surface area contributed by atoms with Crippen LogP contribution in [0.15, 0.2) is 17.1 Å². The minimum absolute atomic E-state index is 0.147. The van der Waals surface area contributed by atoms with Crippen molar-refractivity contribution in [3.63, 3.8) is 0 Å². The molecule has 0 spiro atoms. The fourth-order valence-corrected chi connectivity index (χ4v) is 5.40. The minimum atomic E-state index is -0.525. The van der Waals surface area contributed by atoms with Gasteiger partial charge in [0, 0.05) is 12.8 Å². The number of carbonyl (C=O) groups excluding carboxylic acids is 1. The molecule has 1 aliphatic rings. The molecular formula is C29H52NO4S+. The molecule has 1 fully saturated rings. The van der Waals surface area contributed by atoms with Crippen LogP contribution in [0, 0.1) is 0 Å². The van der Waals surface area contributed by atoms with Crippen LogP contribution in [-0.4, -0.2) is 31.1 Å². The topological polar surface area (TPSA) is 48.6 Å². The van der Waals surface area contributed by atoms with Gasteiger partial charge >= 0.3 is 5.97 Å². The van der Waals surface area contributed by atoms with Crippen LogP contribution in [0.5, 0.6) is 0 Å². The zero-order chi connectivity index (χ0) is 25.0. The molecule has 1 aromatic rings. The van der Waals surface area contributed by atoms with Gasteiger partial charge in [0.05, 0.1) is 18.4 Å². The Morgan fingerprint density at radius 2 is 1.54 bits per heavy atom. The third kappa shape index (κ3) is 15.0. The van der Waals surface area contributed by atoms with Crippen molar-refractivity contribution in [1.82, 2.24) is 0 Å². The highest BCUT2D eigenvalue weighted by atomic mass is 32.1. The Bertz CT molecular complexity index is 639. The lowest BCUT2D eigenvalue weighted by atomic mass is 10.0. The summed E-state index contributed by atoms with van der Waals surface area (Å²) in [5.41, 5.74) is 2.05. The number of hydrogen-bond acceptors (Lipinski definition) is 5. The molecule has 0 aromatic carbocycles. The van der Waals surface area contributed by atoms with Gasteiger partial charge in [-0.25, -0.2) is 0 Å². The second-order valence-electron chi connectivity index (χ2n) is 10.4. The van der Waals surface area contributed by atoms with Crippen molar-refractivity contribution in [3.05, 3.63) is 17.1 Å². The van der Waals surface area contributed by atoms with Crippen LogP contribution in [0.4, 0.5) is 0 Å². The van der Waals surface area contributed by atoms with Gasteiger partial charge in [-0.2, -0.15) is 4.57 Å². The van der Waals surface area contributed by atoms with Gasteiger partial charge in [0.15, 0.2) is 12.0 Å². The maximum Gasteiger partial charge on any atom is 0.306 e. The molecule has 0 aliphatic carbocycles. The molecule has 1 aliphatic heterocycles. The number of hydrogen-bond donors (Lipinski definition) is 0. The van der Waals surface area contributed by atoms with E-state index in [1.165, 1.54) is 89.9 Å². The standard InChI is InChI=1S/C29H52NO4S/c1-3-4-5-6-7-8-9-10-11-12-13-14-15-16-17-20-29(2)33-25-27(34-29)24-32-28(31)19-18-21-30-22-23-35-26-30/h22-23,26-27H,3-21,24-25H2,1-2H3/q+1. The van der Waals surface area contributed by atoms with Crippen molar-refractivity contribution < 1.29 is 23.6 Å². The summed E-state index contributed by atoms with van der Waals surface area (Å²) in [4.78, 5) is 12.0. The van der Waals surface area contributed by atoms with Crippen LogP contribution in [0.3, 0.4) is 0 Å². The molecule has 1 aromatic heterocycles. The number of aryl methyl sites for hydroxylation is 1. The zero-order valence-electron chi connectivity index (χ0n) is 22.6. The Morgan fingerprint density at radius 1 is 0.943 bits per heavy atom. The number of nitrogens with zero attached hydrogens (tertiary/aromatic N) is 1. The SMILES string of the molecule is CCCCCCCCCCCCCCCCCC1(C)OCC(COC(=O)CCC[n+]2ccsc2)O1. The van der Waals surface area contributed by atoms with Gasteiger partial charge in [-0.1, -0.05) is 108 Å². The first-order chi connectivity index (χ1) is 17.1. The summed E-state index contributed by atoms with van der Waals surface area (Å²) in [5, 5.41) is 2.03. The molecule has 0 N–H and O–H groups in total. The lowest BCUT2D eigenvalue weighted by Crippen LogP contribution is -2.30. The lowest BCUT2D eigenvalue weighted by molar-refractivity contribution is -0.692. The first kappa shape index (κ1) is 30.2. The normalized spacial score (nSPS) is 19.9. The van der Waals surface area contributed by atoms with Crippen molar-refractivity contribution in [1.29, 1.82) is 0 Å². The predicted molar refractivity (Wildman–Crippen MR) is 143 cm³/mol. The zero-order valence-corrected chi connectivity index (χ0v) is 23.5. The van der Waals surface area contributed by atoms with E-state index in [2.05, 4.69) is 17.0 Å². The Labute approximate surface area is 218 Å². The number of rotatable bonds is 22. The van der Waals surface area contributed by atoms with Gasteiger partial charge < -0.3 is 14.2 Å². The number of aromatic nitrogens is 1. The average molecular weight is 511 g/mol. The molecule has 0 bridgehead atoms. The first-order valence-electron chi connectivity index (χ1n) is 14.5. The van der Waals surface area contributed by atoms with Crippen LogP contribution in [0.2, 0.25) is 0 Å². The van der Waals surface area contributed by atoms with Crippen LogP contribution in [-0.2, 0) is 25.5 Å². The largest absolute Gasteiger partial charge is 0.463 e. The van der Waals surface area contributed by atoms with Gasteiger partial charge in [0.25, 0.3) is 0 Å². The van der Waals surface area contributed by atoms with Gasteiger partial charge in [-0.3, -0.25) is 4.79 Å². The van der Waals surface area contributed by atoms with Crippen molar-refractivity contribution in [2.75, 3.05) is 13.2 Å². The second kappa shape index (κ2) is 19.2. The second-order valence-corrected chi connectivity index (χ2v) is 11.2. The van der Waals surface area contributed by atoms with E-state index in [0.29, 0.717) is 19.6 Å². The van der Waals surface area contributed by atoms with E-state index in [-0.39, 0.29) is 12.1 Å². The molecule has 2 atom stereocenters. The lowest BCUT2D eigenvalue weighted by Gasteiger charge is -2.23. The number of carbonyl (C=O) groups is 1. The van der Waals surface area contributed by atoms with E-state index in [9.17, 15) is 4.79 Å². The van der Waals surface area contributed by atoms with E-state index in [0.717, 1.165) is 25.8 Å². The van der Waals surface area contributed by atoms with Gasteiger partial charge in [0.2, 0.25) is 5.51 Å². The summed E-state index contributed by atoms with van der Waals surface area (Å²) in [5.74, 6) is -0.677. The Morgan fingerprint density at radius 3 is 2.11 bits per heavy atom. The number of unbranched alkanes of at least 4 members (excludes halogenated alkanes) is 14. The number of thiazole rings is 1. The quantitative estimate of drug-likeness (QED) is 0.0909. The van der Waals surface area contributed by atoms with Crippen LogP contribution >= 0.6 is 11.3 Å². The van der Waals surface area contributed by atoms with Crippen LogP contribution < -0.4 is 4.57 Å². The molecule has 0 saturated carbocycles. The fraction of sp³-hybridized carbons (Fsp3) is 0.862. The monoisotopic (exact) mass is 510 g/mol. The molecule has 0 radical (unpaired) electrons. The van der Waals surface area contributed by atoms with Crippen LogP contribution in [0.1, 0.15) is 129 Å². The minimum Gasteiger partial charge on any atom is -0.463 e. The smallest absolute Gasteiger partial charge is 0.306 e. The molecular weight excluding hydrogens is 458 g/mol. The predicted octanol–water partition coefficient (Wildman–Crippen LogP) is 7.75. The van der Waals surface area contributed by atoms with Crippen molar-refractivity contribution in [3.8, 4) is 0 Å². The molecule has 2 unspecified atom stereocenters. The van der Waals surface area contributed by atoms with Crippen LogP contribution in [0.25, 0.3) is 0 Å². The van der Waals surface area contributed by atoms with Crippen molar-refractivity contribution >= 4 is 17.3 Å². The molecule has 202 valence electrons. The molecule has 2 rings (SSSR count). The van der Waals surface area contributed by atoms with E-state index in [4.69, 9.17) is 14.2 Å². The summed E-state index contributed by atoms with van der Waals surface area (Å²) >= 11 is 1.66. The van der Waals surface area contributed by atoms with Crippen molar-refractivity contribution in [2.24, 2.45) is 0 Å². The Hall–Kier alpha value is -0.980. The van der Waals surface area contributed by atoms with E-state index in [1.807, 2.05) is 18.5 Å². The highest BCUT2D eigenvalue weighted by molar-refractivity contribution is 7.07. The molecule has 5 nitrogen and oxygen atoms in total. The summed E-state index contributed by atoms with van der Waals surface area (Å²) in [6, 6.07) is 0. The van der Waals surface area contributed by atoms with Crippen molar-refractivity contribution in [2.45, 2.75) is 148 Å². The fourth-order valence-electron chi connectivity index (χ4n) is 4.77. The number of esters is 1. The highest BCUT2D eigenvalue weighted by Gasteiger charge is 2.37. The maximum absolute atomic E-state index is 12.0. The van der Waals surface area contributed by atoms with E-state index < -0.39 is 5.79 Å². The van der Waals surface area contributed by atoms with Gasteiger partial charge in [-0.05, 0) is 13.3 Å². The Kier molecular flexibility index (Phi) is 16.6. The summed E-state index contributed by atoms with van der Waals surface area (Å²) < 4.78 is 19.5. The molecule has 0 amide bonds. The molecule has 35 heavy (non-hydrogen) atoms. The maximum atomic E-state index is 12.0. The molecule has 1 saturated heterocycles. The van der Waals surface area contributed by atoms with Gasteiger partial charge in [-0.15, -0.1) is 0 Å². The summed E-state index contributed by atoms with van der Waals surface area (Å²) in [6.07, 6.45) is 24.6. The van der Waals surface area contributed by atoms with E-state index >= 15 is 0 Å². The Balaban J connectivity index is 1.36. The van der Waals surface area contributed by atoms with Gasteiger partial charge in [0.1, 0.15) is 19.3 Å². The summed E-state index contributed by atoms with van der Waals surface area (Å²) in [6.45, 7) is 5.95. The van der Waals surface area contributed by atoms with E-state index in [1.54, 1.807) is 11.3 Å². The first-order valence-corrected chi connectivity index (χ1v) is 15.4. The number of ether oxygens (including phenoxy) is 3. The third-order valence-corrected chi connectivity index (χ3v) is 7.65. The summed E-state index contributed by atoms with van der Waals surface area (Å²) in [7, 11) is 0. The molecule has 2 heterocycles. The highest BCUT2D eigenvalue weighted by Crippen LogP contribution is 2.29. The average Bonchev–Trinajstić information content (AvgIpc) is 3.50. The third-order valence-electron chi connectivity index (χ3n) is 6.98. The molecule has 6 heteroatoms.